The zero-order valence-corrected chi connectivity index (χ0v) is 12.5. The van der Waals surface area contributed by atoms with Crippen molar-refractivity contribution < 1.29 is 37.6 Å². The van der Waals surface area contributed by atoms with Crippen molar-refractivity contribution in [3.8, 4) is 0 Å². The number of rotatable bonds is 1. The van der Waals surface area contributed by atoms with E-state index in [9.17, 15) is 4.79 Å². The molecule has 0 aliphatic heterocycles. The first kappa shape index (κ1) is 11.4. The molecule has 0 bridgehead atoms. The van der Waals surface area contributed by atoms with Crippen molar-refractivity contribution >= 4 is 5.97 Å². The quantitative estimate of drug-likeness (QED) is 0.739. The zero-order valence-electron chi connectivity index (χ0n) is 7.05. The van der Waals surface area contributed by atoms with Gasteiger partial charge in [0.05, 0.1) is 5.92 Å². The van der Waals surface area contributed by atoms with Gasteiger partial charge in [-0.1, -0.05) is 6.92 Å². The molecule has 0 heterocycles. The van der Waals surface area contributed by atoms with Crippen LogP contribution in [0.5, 0.6) is 0 Å². The van der Waals surface area contributed by atoms with Crippen LogP contribution in [0.1, 0.15) is 32.6 Å². The third-order valence-corrected chi connectivity index (χ3v) is 2.37. The van der Waals surface area contributed by atoms with E-state index in [1.807, 2.05) is 0 Å². The van der Waals surface area contributed by atoms with Crippen LogP contribution in [0.3, 0.4) is 0 Å². The molecule has 60 valence electrons. The molecule has 2 nitrogen and oxygen atoms in total. The van der Waals surface area contributed by atoms with Crippen molar-refractivity contribution in [3.05, 3.63) is 0 Å². The van der Waals surface area contributed by atoms with Crippen LogP contribution in [-0.2, 0) is 32.5 Å². The van der Waals surface area contributed by atoms with Crippen LogP contribution in [0.15, 0.2) is 0 Å². The van der Waals surface area contributed by atoms with Crippen LogP contribution in [0.2, 0.25) is 0 Å². The maximum absolute atomic E-state index is 10.5. The van der Waals surface area contributed by atoms with Crippen LogP contribution in [0.4, 0.5) is 0 Å². The Labute approximate surface area is 87.9 Å². The first-order valence-corrected chi connectivity index (χ1v) is 3.93. The summed E-state index contributed by atoms with van der Waals surface area (Å²) in [5, 5.41) is 8.62. The predicted octanol–water partition coefficient (Wildman–Crippen LogP) is 1.89. The number of hydrogen-bond acceptors (Lipinski definition) is 1. The largest absolute Gasteiger partial charge is 0.481 e. The second-order valence-electron chi connectivity index (χ2n) is 3.30. The minimum Gasteiger partial charge on any atom is -0.481 e. The van der Waals surface area contributed by atoms with E-state index in [1.165, 1.54) is 0 Å². The average Bonchev–Trinajstić information content (AvgIpc) is 1.88. The molecule has 1 fully saturated rings. The van der Waals surface area contributed by atoms with E-state index >= 15 is 0 Å². The Morgan fingerprint density at radius 3 is 2.09 bits per heavy atom. The van der Waals surface area contributed by atoms with Gasteiger partial charge in [-0.3, -0.25) is 4.79 Å². The van der Waals surface area contributed by atoms with Crippen LogP contribution in [0, 0.1) is 11.8 Å². The summed E-state index contributed by atoms with van der Waals surface area (Å²) >= 11 is 0. The predicted molar refractivity (Wildman–Crippen MR) is 38.8 cm³/mol. The van der Waals surface area contributed by atoms with Gasteiger partial charge < -0.3 is 5.11 Å². The molecule has 0 aromatic carbocycles. The molecule has 1 N–H and O–H groups in total. The van der Waals surface area contributed by atoms with Crippen LogP contribution < -0.4 is 0 Å². The van der Waals surface area contributed by atoms with Crippen LogP contribution in [-0.4, -0.2) is 11.1 Å². The van der Waals surface area contributed by atoms with Gasteiger partial charge in [-0.25, -0.2) is 0 Å². The molecule has 1 rings (SSSR count). The molecule has 0 atom stereocenters. The molecule has 0 amide bonds. The van der Waals surface area contributed by atoms with Gasteiger partial charge in [-0.15, -0.1) is 0 Å². The molecule has 0 aromatic heterocycles. The second-order valence-corrected chi connectivity index (χ2v) is 3.30. The van der Waals surface area contributed by atoms with E-state index in [2.05, 4.69) is 6.92 Å². The van der Waals surface area contributed by atoms with Gasteiger partial charge in [0.2, 0.25) is 0 Å². The summed E-state index contributed by atoms with van der Waals surface area (Å²) in [6, 6.07) is 0. The normalized spacial score (nSPS) is 30.6. The smallest absolute Gasteiger partial charge is 0.306 e. The fourth-order valence-corrected chi connectivity index (χ4v) is 1.51. The van der Waals surface area contributed by atoms with Gasteiger partial charge >= 0.3 is 5.97 Å². The van der Waals surface area contributed by atoms with E-state index in [1.54, 1.807) is 0 Å². The van der Waals surface area contributed by atoms with Gasteiger partial charge in [0.15, 0.2) is 0 Å². The Morgan fingerprint density at radius 2 is 1.73 bits per heavy atom. The Balaban J connectivity index is 0.000001000. The maximum atomic E-state index is 10.5. The molecule has 1 saturated carbocycles. The minimum absolute atomic E-state index is 0. The summed E-state index contributed by atoms with van der Waals surface area (Å²) in [6.07, 6.45) is 3.96. The van der Waals surface area contributed by atoms with Gasteiger partial charge in [0.1, 0.15) is 0 Å². The van der Waals surface area contributed by atoms with Gasteiger partial charge in [-0.05, 0) is 31.6 Å². The first-order chi connectivity index (χ1) is 4.70. The van der Waals surface area contributed by atoms with E-state index in [0.29, 0.717) is 0 Å². The summed E-state index contributed by atoms with van der Waals surface area (Å²) in [7, 11) is 0. The van der Waals surface area contributed by atoms with Gasteiger partial charge in [0, 0.05) is 27.7 Å². The second kappa shape index (κ2) is 5.12. The van der Waals surface area contributed by atoms with Crippen molar-refractivity contribution in [3.63, 3.8) is 0 Å². The molecule has 0 spiro atoms. The van der Waals surface area contributed by atoms with E-state index in [4.69, 9.17) is 5.11 Å². The monoisotopic (exact) mass is 344 g/mol. The number of carbonyl (C=O) groups is 1. The minimum atomic E-state index is -0.605. The Morgan fingerprint density at radius 1 is 1.27 bits per heavy atom. The Kier molecular flexibility index (Phi) is 5.31. The molecule has 0 aromatic rings. The molecule has 0 radical (unpaired) electrons. The van der Waals surface area contributed by atoms with Crippen LogP contribution >= 0.6 is 0 Å². The van der Waals surface area contributed by atoms with Gasteiger partial charge in [-0.2, -0.15) is 0 Å². The molecule has 11 heavy (non-hydrogen) atoms. The summed E-state index contributed by atoms with van der Waals surface area (Å²) < 4.78 is 0. The van der Waals surface area contributed by atoms with E-state index in [0.717, 1.165) is 31.6 Å². The maximum Gasteiger partial charge on any atom is 0.306 e. The van der Waals surface area contributed by atoms with Gasteiger partial charge in [0.25, 0.3) is 0 Å². The summed E-state index contributed by atoms with van der Waals surface area (Å²) in [4.78, 5) is 10.5. The number of hydrogen-bond donors (Lipinski definition) is 1. The van der Waals surface area contributed by atoms with E-state index < -0.39 is 5.97 Å². The molecule has 0 saturated heterocycles. The first-order valence-electron chi connectivity index (χ1n) is 3.93. The number of carboxylic acid groups (broad SMARTS) is 1. The number of carboxylic acids is 1. The summed E-state index contributed by atoms with van der Waals surface area (Å²) in [5.41, 5.74) is 0. The van der Waals surface area contributed by atoms with Crippen molar-refractivity contribution in [2.24, 2.45) is 11.8 Å². The van der Waals surface area contributed by atoms with Crippen molar-refractivity contribution in [1.29, 1.82) is 0 Å². The van der Waals surface area contributed by atoms with Crippen LogP contribution in [0.25, 0.3) is 0 Å². The standard InChI is InChI=1S/C8H14O2.Hg/c1-6-2-4-7(5-3-6)8(9)10;/h6-7H,2-5H2,1H3,(H,9,10);. The molecule has 3 heteroatoms. The number of aliphatic carboxylic acids is 1. The zero-order chi connectivity index (χ0) is 7.56. The third kappa shape index (κ3) is 3.54. The Bertz CT molecular complexity index is 128. The molecular formula is C8H14HgO2. The van der Waals surface area contributed by atoms with Crippen molar-refractivity contribution in [2.75, 3.05) is 0 Å². The fraction of sp³-hybridized carbons (Fsp3) is 0.875. The van der Waals surface area contributed by atoms with Crippen molar-refractivity contribution in [2.45, 2.75) is 32.6 Å². The third-order valence-electron chi connectivity index (χ3n) is 2.37. The molecule has 1 aliphatic carbocycles. The fourth-order valence-electron chi connectivity index (χ4n) is 1.51. The van der Waals surface area contributed by atoms with E-state index in [-0.39, 0.29) is 33.6 Å². The Hall–Kier alpha value is 0.405. The topological polar surface area (TPSA) is 37.3 Å². The molecule has 1 aliphatic rings. The van der Waals surface area contributed by atoms with Crippen molar-refractivity contribution in [1.82, 2.24) is 0 Å². The summed E-state index contributed by atoms with van der Waals surface area (Å²) in [5.74, 6) is 0.0960. The SMILES string of the molecule is CC1CCC(C(=O)O)CC1.[Hg]. The molecule has 0 unspecified atom stereocenters. The summed E-state index contributed by atoms with van der Waals surface area (Å²) in [6.45, 7) is 2.19. The average molecular weight is 343 g/mol. The molecular weight excluding hydrogens is 329 g/mol.